The summed E-state index contributed by atoms with van der Waals surface area (Å²) in [6, 6.07) is 1.72. The maximum atomic E-state index is 12.4. The van der Waals surface area contributed by atoms with Gasteiger partial charge in [0.05, 0.1) is 13.2 Å². The molecule has 0 spiro atoms. The summed E-state index contributed by atoms with van der Waals surface area (Å²) in [6.45, 7) is 1.33. The van der Waals surface area contributed by atoms with E-state index in [-0.39, 0.29) is 0 Å². The Hall–Kier alpha value is 0.01000. The summed E-state index contributed by atoms with van der Waals surface area (Å²) < 4.78 is 37.0. The fraction of sp³-hybridized carbons (Fsp3) is 0.600. The molecule has 1 heterocycles. The van der Waals surface area contributed by atoms with Gasteiger partial charge in [0.15, 0.2) is 0 Å². The third kappa shape index (κ3) is 4.01. The largest absolute Gasteiger partial charge is 0.383 e. The van der Waals surface area contributed by atoms with Gasteiger partial charge in [-0.2, -0.15) is 4.31 Å². The lowest BCUT2D eigenvalue weighted by Crippen LogP contribution is -2.36. The molecule has 1 aromatic heterocycles. The van der Waals surface area contributed by atoms with E-state index in [0.717, 1.165) is 0 Å². The molecule has 0 fully saturated rings. The molecule has 0 saturated carbocycles. The molecule has 1 rings (SSSR count). The summed E-state index contributed by atoms with van der Waals surface area (Å²) in [5, 5.41) is 1.74. The third-order valence-electron chi connectivity index (χ3n) is 2.25. The minimum absolute atomic E-state index is 0.312. The van der Waals surface area contributed by atoms with Gasteiger partial charge in [-0.05, 0) is 27.4 Å². The number of sulfonamides is 1. The van der Waals surface area contributed by atoms with E-state index in [4.69, 9.17) is 9.47 Å². The van der Waals surface area contributed by atoms with Crippen molar-refractivity contribution in [1.82, 2.24) is 4.31 Å². The van der Waals surface area contributed by atoms with Gasteiger partial charge in [-0.15, -0.1) is 11.3 Å². The smallest absolute Gasteiger partial charge is 0.253 e. The quantitative estimate of drug-likeness (QED) is 0.711. The predicted molar refractivity (Wildman–Crippen MR) is 74.5 cm³/mol. The summed E-state index contributed by atoms with van der Waals surface area (Å²) in [4.78, 5) is 0. The van der Waals surface area contributed by atoms with Crippen LogP contribution in [0, 0.1) is 0 Å². The molecule has 18 heavy (non-hydrogen) atoms. The van der Waals surface area contributed by atoms with Crippen LogP contribution >= 0.6 is 27.3 Å². The summed E-state index contributed by atoms with van der Waals surface area (Å²) in [5.41, 5.74) is 0. The molecule has 0 atom stereocenters. The van der Waals surface area contributed by atoms with Crippen LogP contribution in [0.15, 0.2) is 20.1 Å². The Bertz CT molecular complexity index is 452. The highest BCUT2D eigenvalue weighted by molar-refractivity contribution is 9.10. The number of methoxy groups -OCH3 is 2. The number of hydrogen-bond acceptors (Lipinski definition) is 5. The molecule has 0 amide bonds. The van der Waals surface area contributed by atoms with Crippen molar-refractivity contribution in [2.45, 2.75) is 4.21 Å². The van der Waals surface area contributed by atoms with Crippen LogP contribution in [0.3, 0.4) is 0 Å². The maximum absolute atomic E-state index is 12.4. The van der Waals surface area contributed by atoms with Crippen LogP contribution in [-0.2, 0) is 19.5 Å². The van der Waals surface area contributed by atoms with Crippen molar-refractivity contribution >= 4 is 37.3 Å². The average molecular weight is 358 g/mol. The minimum Gasteiger partial charge on any atom is -0.383 e. The first-order chi connectivity index (χ1) is 8.54. The molecule has 0 aliphatic rings. The van der Waals surface area contributed by atoms with Crippen LogP contribution in [0.25, 0.3) is 0 Å². The molecule has 0 aliphatic carbocycles. The molecule has 0 N–H and O–H groups in total. The highest BCUT2D eigenvalue weighted by Crippen LogP contribution is 2.30. The van der Waals surface area contributed by atoms with Gasteiger partial charge in [0.2, 0.25) is 0 Å². The Balaban J connectivity index is 2.92. The van der Waals surface area contributed by atoms with Crippen molar-refractivity contribution in [1.29, 1.82) is 0 Å². The molecule has 0 aromatic carbocycles. The Labute approximate surface area is 120 Å². The number of hydrogen-bond donors (Lipinski definition) is 0. The molecule has 0 aliphatic heterocycles. The number of thiophene rings is 1. The number of rotatable bonds is 8. The number of nitrogens with zero attached hydrogens (tertiary/aromatic N) is 1. The van der Waals surface area contributed by atoms with E-state index in [1.807, 2.05) is 0 Å². The molecule has 1 aromatic rings. The summed E-state index contributed by atoms with van der Waals surface area (Å²) in [7, 11) is -0.400. The second-order valence-electron chi connectivity index (χ2n) is 3.45. The van der Waals surface area contributed by atoms with Gasteiger partial charge in [-0.3, -0.25) is 0 Å². The summed E-state index contributed by atoms with van der Waals surface area (Å²) in [5.74, 6) is 0. The SMILES string of the molecule is COCCN(CCOC)S(=O)(=O)c1sccc1Br. The maximum Gasteiger partial charge on any atom is 0.253 e. The zero-order chi connectivity index (χ0) is 13.6. The first kappa shape index (κ1) is 16.1. The Morgan fingerprint density at radius 3 is 2.22 bits per heavy atom. The van der Waals surface area contributed by atoms with E-state index >= 15 is 0 Å². The zero-order valence-electron chi connectivity index (χ0n) is 10.3. The topological polar surface area (TPSA) is 55.8 Å². The van der Waals surface area contributed by atoms with E-state index in [2.05, 4.69) is 15.9 Å². The van der Waals surface area contributed by atoms with Crippen LogP contribution < -0.4 is 0 Å². The van der Waals surface area contributed by atoms with E-state index in [1.165, 1.54) is 15.6 Å². The first-order valence-electron chi connectivity index (χ1n) is 5.25. The molecule has 0 unspecified atom stereocenters. The third-order valence-corrected chi connectivity index (χ3v) is 6.79. The van der Waals surface area contributed by atoms with Crippen LogP contribution in [0.4, 0.5) is 0 Å². The van der Waals surface area contributed by atoms with Crippen molar-refractivity contribution in [2.75, 3.05) is 40.5 Å². The second-order valence-corrected chi connectivity index (χ2v) is 7.35. The first-order valence-corrected chi connectivity index (χ1v) is 8.36. The van der Waals surface area contributed by atoms with Crippen LogP contribution in [0.2, 0.25) is 0 Å². The number of halogens is 1. The van der Waals surface area contributed by atoms with Crippen molar-refractivity contribution in [3.05, 3.63) is 15.9 Å². The molecular weight excluding hydrogens is 342 g/mol. The van der Waals surface area contributed by atoms with Crippen molar-refractivity contribution in [3.8, 4) is 0 Å². The van der Waals surface area contributed by atoms with Gasteiger partial charge in [-0.25, -0.2) is 8.42 Å². The minimum atomic E-state index is -3.49. The van der Waals surface area contributed by atoms with Crippen LogP contribution in [0.1, 0.15) is 0 Å². The monoisotopic (exact) mass is 357 g/mol. The van der Waals surface area contributed by atoms with Crippen LogP contribution in [0.5, 0.6) is 0 Å². The molecule has 0 radical (unpaired) electrons. The number of ether oxygens (including phenoxy) is 2. The molecule has 104 valence electrons. The van der Waals surface area contributed by atoms with E-state index < -0.39 is 10.0 Å². The van der Waals surface area contributed by atoms with E-state index in [0.29, 0.717) is 35.0 Å². The average Bonchev–Trinajstić information content (AvgIpc) is 2.76. The fourth-order valence-electron chi connectivity index (χ4n) is 1.32. The lowest BCUT2D eigenvalue weighted by Gasteiger charge is -2.20. The zero-order valence-corrected chi connectivity index (χ0v) is 13.5. The van der Waals surface area contributed by atoms with Gasteiger partial charge < -0.3 is 9.47 Å². The Morgan fingerprint density at radius 1 is 1.28 bits per heavy atom. The van der Waals surface area contributed by atoms with E-state index in [9.17, 15) is 8.42 Å². The molecular formula is C10H16BrNO4S2. The Kier molecular flexibility index (Phi) is 6.75. The summed E-state index contributed by atoms with van der Waals surface area (Å²) >= 11 is 4.44. The predicted octanol–water partition coefficient (Wildman–Crippen LogP) is 1.79. The molecule has 0 saturated heterocycles. The molecule has 8 heteroatoms. The second kappa shape index (κ2) is 7.56. The summed E-state index contributed by atoms with van der Waals surface area (Å²) in [6.07, 6.45) is 0. The normalized spacial score (nSPS) is 12.2. The van der Waals surface area contributed by atoms with Gasteiger partial charge >= 0.3 is 0 Å². The molecule has 5 nitrogen and oxygen atoms in total. The fourth-order valence-corrected chi connectivity index (χ4v) is 5.18. The van der Waals surface area contributed by atoms with Gasteiger partial charge in [-0.1, -0.05) is 0 Å². The highest BCUT2D eigenvalue weighted by Gasteiger charge is 2.27. The van der Waals surface area contributed by atoms with Crippen molar-refractivity contribution in [2.24, 2.45) is 0 Å². The van der Waals surface area contributed by atoms with Gasteiger partial charge in [0.1, 0.15) is 4.21 Å². The van der Waals surface area contributed by atoms with Crippen molar-refractivity contribution in [3.63, 3.8) is 0 Å². The standard InChI is InChI=1S/C10H16BrNO4S2/c1-15-6-4-12(5-7-16-2)18(13,14)10-9(11)3-8-17-10/h3,8H,4-7H2,1-2H3. The van der Waals surface area contributed by atoms with Crippen molar-refractivity contribution < 1.29 is 17.9 Å². The lowest BCUT2D eigenvalue weighted by atomic mass is 10.6. The van der Waals surface area contributed by atoms with Gasteiger partial charge in [0.25, 0.3) is 10.0 Å². The van der Waals surface area contributed by atoms with E-state index in [1.54, 1.807) is 25.7 Å². The lowest BCUT2D eigenvalue weighted by molar-refractivity contribution is 0.150. The molecule has 0 bridgehead atoms. The highest BCUT2D eigenvalue weighted by atomic mass is 79.9. The van der Waals surface area contributed by atoms with Crippen LogP contribution in [-0.4, -0.2) is 53.2 Å². The van der Waals surface area contributed by atoms with Gasteiger partial charge in [0, 0.05) is 31.8 Å². The Morgan fingerprint density at radius 2 is 1.83 bits per heavy atom.